The molecule has 0 fully saturated rings. The number of rotatable bonds is 9. The van der Waals surface area contributed by atoms with Crippen LogP contribution < -0.4 is 5.32 Å². The molecule has 1 aromatic carbocycles. The molecule has 3 nitrogen and oxygen atoms in total. The topological polar surface area (TPSA) is 42.0 Å². The van der Waals surface area contributed by atoms with Crippen molar-refractivity contribution in [3.8, 4) is 0 Å². The van der Waals surface area contributed by atoms with Gasteiger partial charge >= 0.3 is 0 Å². The van der Waals surface area contributed by atoms with E-state index < -0.39 is 0 Å². The lowest BCUT2D eigenvalue weighted by Crippen LogP contribution is -2.35. The van der Waals surface area contributed by atoms with Crippen molar-refractivity contribution in [1.82, 2.24) is 10.3 Å². The number of aryl methyl sites for hydroxylation is 1. The van der Waals surface area contributed by atoms with E-state index in [2.05, 4.69) is 55.3 Å². The minimum Gasteiger partial charge on any atom is -0.343 e. The van der Waals surface area contributed by atoms with Crippen molar-refractivity contribution in [2.24, 2.45) is 5.92 Å². The van der Waals surface area contributed by atoms with Gasteiger partial charge in [0.25, 0.3) is 0 Å². The molecule has 25 heavy (non-hydrogen) atoms. The van der Waals surface area contributed by atoms with Crippen molar-refractivity contribution in [2.75, 3.05) is 0 Å². The highest BCUT2D eigenvalue weighted by atomic mass is 16.1. The third kappa shape index (κ3) is 5.42. The summed E-state index contributed by atoms with van der Waals surface area (Å²) in [5.41, 5.74) is 3.26. The predicted molar refractivity (Wildman–Crippen MR) is 103 cm³/mol. The van der Waals surface area contributed by atoms with Gasteiger partial charge < -0.3 is 5.32 Å². The summed E-state index contributed by atoms with van der Waals surface area (Å²) in [6.07, 6.45) is 6.71. The third-order valence-corrected chi connectivity index (χ3v) is 4.64. The van der Waals surface area contributed by atoms with E-state index in [-0.39, 0.29) is 17.9 Å². The number of carbonyl (C=O) groups is 1. The summed E-state index contributed by atoms with van der Waals surface area (Å²) in [7, 11) is 0. The fourth-order valence-corrected chi connectivity index (χ4v) is 3.18. The van der Waals surface area contributed by atoms with E-state index in [9.17, 15) is 4.79 Å². The summed E-state index contributed by atoms with van der Waals surface area (Å²) in [6, 6.07) is 14.1. The Hall–Kier alpha value is -2.16. The number of carbonyl (C=O) groups excluding carboxylic acids is 1. The molecule has 0 radical (unpaired) electrons. The zero-order valence-corrected chi connectivity index (χ0v) is 15.7. The van der Waals surface area contributed by atoms with Gasteiger partial charge in [-0.2, -0.15) is 0 Å². The van der Waals surface area contributed by atoms with Crippen molar-refractivity contribution in [3.05, 3.63) is 65.5 Å². The number of nitrogens with zero attached hydrogens (tertiary/aromatic N) is 1. The molecule has 0 aliphatic rings. The van der Waals surface area contributed by atoms with Gasteiger partial charge in [0, 0.05) is 12.1 Å². The lowest BCUT2D eigenvalue weighted by atomic mass is 9.95. The first-order valence-electron chi connectivity index (χ1n) is 9.49. The highest BCUT2D eigenvalue weighted by molar-refractivity contribution is 5.79. The summed E-state index contributed by atoms with van der Waals surface area (Å²) >= 11 is 0. The smallest absolute Gasteiger partial charge is 0.223 e. The van der Waals surface area contributed by atoms with E-state index in [4.69, 9.17) is 0 Å². The van der Waals surface area contributed by atoms with Gasteiger partial charge in [-0.25, -0.2) is 0 Å². The normalized spacial score (nSPS) is 12.2. The summed E-state index contributed by atoms with van der Waals surface area (Å²) in [4.78, 5) is 17.4. The van der Waals surface area contributed by atoms with E-state index >= 15 is 0 Å². The minimum absolute atomic E-state index is 0.0797. The molecule has 0 aliphatic carbocycles. The van der Waals surface area contributed by atoms with Gasteiger partial charge in [0.15, 0.2) is 0 Å². The average molecular weight is 338 g/mol. The van der Waals surface area contributed by atoms with Crippen LogP contribution in [0.4, 0.5) is 0 Å². The van der Waals surface area contributed by atoms with Crippen molar-refractivity contribution >= 4 is 5.91 Å². The second-order valence-corrected chi connectivity index (χ2v) is 6.57. The summed E-state index contributed by atoms with van der Waals surface area (Å²) in [5, 5.41) is 3.26. The van der Waals surface area contributed by atoms with E-state index in [1.807, 2.05) is 18.2 Å². The van der Waals surface area contributed by atoms with Gasteiger partial charge in [-0.15, -0.1) is 0 Å². The SMILES string of the molecule is CCCC(CCC)C(=O)NC(c1ccc(CC)cc1)c1ccccn1. The van der Waals surface area contributed by atoms with Gasteiger partial charge in [0.2, 0.25) is 5.91 Å². The molecule has 0 saturated carbocycles. The molecule has 1 unspecified atom stereocenters. The molecule has 2 rings (SSSR count). The number of benzene rings is 1. The molecular formula is C22H30N2O. The first-order valence-corrected chi connectivity index (χ1v) is 9.49. The van der Waals surface area contributed by atoms with Crippen LogP contribution in [0, 0.1) is 5.92 Å². The van der Waals surface area contributed by atoms with Crippen LogP contribution in [0.1, 0.15) is 69.3 Å². The average Bonchev–Trinajstić information content (AvgIpc) is 2.66. The highest BCUT2D eigenvalue weighted by Gasteiger charge is 2.23. The zero-order valence-electron chi connectivity index (χ0n) is 15.7. The van der Waals surface area contributed by atoms with Crippen LogP contribution >= 0.6 is 0 Å². The molecule has 1 aromatic heterocycles. The maximum atomic E-state index is 12.9. The maximum absolute atomic E-state index is 12.9. The van der Waals surface area contributed by atoms with Gasteiger partial charge in [0.05, 0.1) is 11.7 Å². The molecule has 1 atom stereocenters. The highest BCUT2D eigenvalue weighted by Crippen LogP contribution is 2.23. The molecule has 3 heteroatoms. The molecule has 1 amide bonds. The van der Waals surface area contributed by atoms with Gasteiger partial charge in [0.1, 0.15) is 0 Å². The van der Waals surface area contributed by atoms with E-state index in [1.165, 1.54) is 5.56 Å². The quantitative estimate of drug-likeness (QED) is 0.694. The Labute approximate surface area is 151 Å². The van der Waals surface area contributed by atoms with Gasteiger partial charge in [-0.1, -0.05) is 63.9 Å². The second-order valence-electron chi connectivity index (χ2n) is 6.57. The standard InChI is InChI=1S/C22H30N2O/c1-4-9-19(10-5-2)22(25)24-21(20-11-7-8-16-23-20)18-14-12-17(6-3)13-15-18/h7-8,11-16,19,21H,4-6,9-10H2,1-3H3,(H,24,25). The van der Waals surface area contributed by atoms with E-state index in [1.54, 1.807) is 6.20 Å². The number of hydrogen-bond donors (Lipinski definition) is 1. The molecule has 1 N–H and O–H groups in total. The summed E-state index contributed by atoms with van der Waals surface area (Å²) < 4.78 is 0. The molecule has 1 heterocycles. The fraction of sp³-hybridized carbons (Fsp3) is 0.455. The van der Waals surface area contributed by atoms with E-state index in [0.717, 1.165) is 43.4 Å². The van der Waals surface area contributed by atoms with Gasteiger partial charge in [-0.3, -0.25) is 9.78 Å². The monoisotopic (exact) mass is 338 g/mol. The zero-order chi connectivity index (χ0) is 18.1. The summed E-state index contributed by atoms with van der Waals surface area (Å²) in [6.45, 7) is 6.42. The van der Waals surface area contributed by atoms with Crippen molar-refractivity contribution in [1.29, 1.82) is 0 Å². The van der Waals surface area contributed by atoms with Crippen LogP contribution in [0.15, 0.2) is 48.7 Å². The molecule has 2 aromatic rings. The van der Waals surface area contributed by atoms with Crippen molar-refractivity contribution in [3.63, 3.8) is 0 Å². The predicted octanol–water partition coefficient (Wildman–Crippen LogP) is 5.07. The van der Waals surface area contributed by atoms with Crippen LogP contribution in [0.5, 0.6) is 0 Å². The molecular weight excluding hydrogens is 308 g/mol. The molecule has 0 saturated heterocycles. The van der Waals surface area contributed by atoms with Crippen molar-refractivity contribution in [2.45, 2.75) is 58.9 Å². The van der Waals surface area contributed by atoms with Crippen LogP contribution in [0.25, 0.3) is 0 Å². The number of hydrogen-bond acceptors (Lipinski definition) is 2. The largest absolute Gasteiger partial charge is 0.343 e. The third-order valence-electron chi connectivity index (χ3n) is 4.64. The lowest BCUT2D eigenvalue weighted by molar-refractivity contribution is -0.126. The number of aromatic nitrogens is 1. The van der Waals surface area contributed by atoms with Crippen LogP contribution in [-0.2, 0) is 11.2 Å². The number of pyridine rings is 1. The Balaban J connectivity index is 2.26. The fourth-order valence-electron chi connectivity index (χ4n) is 3.18. The van der Waals surface area contributed by atoms with E-state index in [0.29, 0.717) is 0 Å². The summed E-state index contributed by atoms with van der Waals surface area (Å²) in [5.74, 6) is 0.218. The minimum atomic E-state index is -0.198. The Kier molecular flexibility index (Phi) is 7.65. The second kappa shape index (κ2) is 9.97. The maximum Gasteiger partial charge on any atom is 0.223 e. The lowest BCUT2D eigenvalue weighted by Gasteiger charge is -2.23. The number of nitrogens with one attached hydrogen (secondary N) is 1. The number of amides is 1. The Morgan fingerprint density at radius 1 is 1.00 bits per heavy atom. The molecule has 0 aliphatic heterocycles. The van der Waals surface area contributed by atoms with Crippen molar-refractivity contribution < 1.29 is 4.79 Å². The Bertz CT molecular complexity index is 631. The van der Waals surface area contributed by atoms with Crippen LogP contribution in [0.3, 0.4) is 0 Å². The first kappa shape index (κ1) is 19.2. The Morgan fingerprint density at radius 3 is 2.20 bits per heavy atom. The molecule has 0 spiro atoms. The van der Waals surface area contributed by atoms with Crippen LogP contribution in [0.2, 0.25) is 0 Å². The van der Waals surface area contributed by atoms with Crippen LogP contribution in [-0.4, -0.2) is 10.9 Å². The molecule has 134 valence electrons. The van der Waals surface area contributed by atoms with Gasteiger partial charge in [-0.05, 0) is 42.5 Å². The first-order chi connectivity index (χ1) is 12.2. The molecule has 0 bridgehead atoms. The Morgan fingerprint density at radius 2 is 1.68 bits per heavy atom.